The lowest BCUT2D eigenvalue weighted by molar-refractivity contribution is -0.241. The van der Waals surface area contributed by atoms with E-state index in [1.807, 2.05) is 0 Å². The maximum atomic E-state index is 10.8. The van der Waals surface area contributed by atoms with Gasteiger partial charge in [0.05, 0.1) is 6.10 Å². The van der Waals surface area contributed by atoms with Crippen LogP contribution in [0.2, 0.25) is 0 Å². The molecule has 0 amide bonds. The smallest absolute Gasteiger partial charge is 0.190 e. The third-order valence-corrected chi connectivity index (χ3v) is 4.00. The maximum Gasteiger partial charge on any atom is 0.190 e. The molecule has 0 aromatic carbocycles. The van der Waals surface area contributed by atoms with Crippen molar-refractivity contribution < 1.29 is 24.4 Å². The quantitative estimate of drug-likeness (QED) is 0.650. The van der Waals surface area contributed by atoms with Crippen LogP contribution >= 0.6 is 0 Å². The fraction of sp³-hybridized carbons (Fsp3) is 1.00. The minimum Gasteiger partial charge on any atom is -0.390 e. The first kappa shape index (κ1) is 11.9. The fourth-order valence-electron chi connectivity index (χ4n) is 3.21. The van der Waals surface area contributed by atoms with Crippen LogP contribution in [-0.2, 0) is 14.2 Å². The molecule has 17 heavy (non-hydrogen) atoms. The first-order valence-corrected chi connectivity index (χ1v) is 6.34. The average molecular weight is 244 g/mol. The van der Waals surface area contributed by atoms with Crippen LogP contribution < -0.4 is 0 Å². The summed E-state index contributed by atoms with van der Waals surface area (Å²) < 4.78 is 17.0. The number of fused-ring (bicyclic) bond motifs is 3. The average Bonchev–Trinajstić information content (AvgIpc) is 2.61. The summed E-state index contributed by atoms with van der Waals surface area (Å²) in [6, 6.07) is 0. The predicted octanol–water partition coefficient (Wildman–Crippen LogP) is 0.529. The standard InChI is InChI=1S/C12H20O5/c1-11(2)16-9-10(17-11)15-8-7(13)5-3-4-6-12(8,9)14/h7-10,13-14H,3-6H2,1-2H3/t7-,8-,9+,10-,12-/m1/s1. The summed E-state index contributed by atoms with van der Waals surface area (Å²) in [5.74, 6) is -0.729. The van der Waals surface area contributed by atoms with Gasteiger partial charge in [-0.05, 0) is 26.7 Å². The topological polar surface area (TPSA) is 68.2 Å². The van der Waals surface area contributed by atoms with Crippen LogP contribution in [0, 0.1) is 0 Å². The minimum atomic E-state index is -1.12. The van der Waals surface area contributed by atoms with E-state index in [2.05, 4.69) is 0 Å². The van der Waals surface area contributed by atoms with E-state index in [9.17, 15) is 10.2 Å². The molecule has 2 saturated heterocycles. The molecule has 5 atom stereocenters. The zero-order valence-electron chi connectivity index (χ0n) is 10.3. The van der Waals surface area contributed by atoms with Crippen LogP contribution in [0.25, 0.3) is 0 Å². The first-order chi connectivity index (χ1) is 7.92. The van der Waals surface area contributed by atoms with Gasteiger partial charge in [-0.2, -0.15) is 0 Å². The van der Waals surface area contributed by atoms with Crippen LogP contribution in [0.4, 0.5) is 0 Å². The molecule has 0 bridgehead atoms. The Morgan fingerprint density at radius 3 is 2.65 bits per heavy atom. The van der Waals surface area contributed by atoms with E-state index in [0.717, 1.165) is 12.8 Å². The van der Waals surface area contributed by atoms with Gasteiger partial charge in [-0.15, -0.1) is 0 Å². The highest BCUT2D eigenvalue weighted by Crippen LogP contribution is 2.47. The number of rotatable bonds is 0. The second-order valence-corrected chi connectivity index (χ2v) is 5.79. The maximum absolute atomic E-state index is 10.8. The molecule has 5 heteroatoms. The molecule has 0 unspecified atom stereocenters. The lowest BCUT2D eigenvalue weighted by Gasteiger charge is -2.33. The Balaban J connectivity index is 1.89. The molecule has 0 aromatic heterocycles. The summed E-state index contributed by atoms with van der Waals surface area (Å²) in [7, 11) is 0. The lowest BCUT2D eigenvalue weighted by atomic mass is 9.87. The monoisotopic (exact) mass is 244 g/mol. The van der Waals surface area contributed by atoms with Crippen LogP contribution in [0.5, 0.6) is 0 Å². The van der Waals surface area contributed by atoms with Gasteiger partial charge in [-0.25, -0.2) is 0 Å². The number of aliphatic hydroxyl groups is 2. The van der Waals surface area contributed by atoms with Gasteiger partial charge in [-0.3, -0.25) is 0 Å². The molecule has 0 spiro atoms. The van der Waals surface area contributed by atoms with E-state index in [-0.39, 0.29) is 0 Å². The van der Waals surface area contributed by atoms with Gasteiger partial charge in [0.25, 0.3) is 0 Å². The van der Waals surface area contributed by atoms with Crippen molar-refractivity contribution in [2.24, 2.45) is 0 Å². The fourth-order valence-corrected chi connectivity index (χ4v) is 3.21. The van der Waals surface area contributed by atoms with Gasteiger partial charge < -0.3 is 24.4 Å². The van der Waals surface area contributed by atoms with Crippen molar-refractivity contribution in [2.45, 2.75) is 75.5 Å². The molecule has 2 heterocycles. The minimum absolute atomic E-state index is 0.491. The Hall–Kier alpha value is -0.200. The molecule has 3 rings (SSSR count). The van der Waals surface area contributed by atoms with Crippen LogP contribution in [0.3, 0.4) is 0 Å². The van der Waals surface area contributed by atoms with Gasteiger partial charge in [0.1, 0.15) is 17.8 Å². The Labute approximate surface area is 101 Å². The van der Waals surface area contributed by atoms with Gasteiger partial charge >= 0.3 is 0 Å². The summed E-state index contributed by atoms with van der Waals surface area (Å²) in [6.45, 7) is 3.61. The summed E-state index contributed by atoms with van der Waals surface area (Å²) in [5, 5.41) is 20.8. The highest BCUT2D eigenvalue weighted by atomic mass is 16.8. The van der Waals surface area contributed by atoms with E-state index in [1.165, 1.54) is 0 Å². The number of hydrogen-bond donors (Lipinski definition) is 2. The molecule has 3 aliphatic rings. The molecule has 1 saturated carbocycles. The van der Waals surface area contributed by atoms with Crippen LogP contribution in [0.15, 0.2) is 0 Å². The van der Waals surface area contributed by atoms with Crippen molar-refractivity contribution in [2.75, 3.05) is 0 Å². The Kier molecular flexibility index (Phi) is 2.55. The Morgan fingerprint density at radius 2 is 1.88 bits per heavy atom. The normalized spacial score (nSPS) is 52.9. The molecular formula is C12H20O5. The van der Waals surface area contributed by atoms with Crippen molar-refractivity contribution in [3.05, 3.63) is 0 Å². The molecule has 98 valence electrons. The molecule has 1 aliphatic carbocycles. The molecule has 2 N–H and O–H groups in total. The zero-order chi connectivity index (χ0) is 12.3. The van der Waals surface area contributed by atoms with Crippen molar-refractivity contribution in [1.29, 1.82) is 0 Å². The van der Waals surface area contributed by atoms with Crippen molar-refractivity contribution >= 4 is 0 Å². The summed E-state index contributed by atoms with van der Waals surface area (Å²) in [5.41, 5.74) is -1.12. The summed E-state index contributed by atoms with van der Waals surface area (Å²) in [6.07, 6.45) is 0.763. The van der Waals surface area contributed by atoms with E-state index in [4.69, 9.17) is 14.2 Å². The van der Waals surface area contributed by atoms with Gasteiger partial charge in [-0.1, -0.05) is 12.8 Å². The lowest BCUT2D eigenvalue weighted by Crippen LogP contribution is -2.52. The van der Waals surface area contributed by atoms with Crippen molar-refractivity contribution in [1.82, 2.24) is 0 Å². The van der Waals surface area contributed by atoms with Gasteiger partial charge in [0, 0.05) is 0 Å². The predicted molar refractivity (Wildman–Crippen MR) is 58.1 cm³/mol. The van der Waals surface area contributed by atoms with E-state index < -0.39 is 36.0 Å². The first-order valence-electron chi connectivity index (χ1n) is 6.34. The van der Waals surface area contributed by atoms with Crippen LogP contribution in [-0.4, -0.2) is 46.2 Å². The molecular weight excluding hydrogens is 224 g/mol. The van der Waals surface area contributed by atoms with E-state index in [0.29, 0.717) is 12.8 Å². The SMILES string of the molecule is CC1(C)O[C@H]2O[C@@H]3[C@H](O)CCCC[C@]3(O)[C@H]2O1. The molecule has 0 aromatic rings. The second kappa shape index (κ2) is 3.65. The third kappa shape index (κ3) is 1.72. The summed E-state index contributed by atoms with van der Waals surface area (Å²) >= 11 is 0. The Morgan fingerprint density at radius 1 is 1.12 bits per heavy atom. The third-order valence-electron chi connectivity index (χ3n) is 4.00. The number of hydrogen-bond acceptors (Lipinski definition) is 5. The largest absolute Gasteiger partial charge is 0.390 e. The molecule has 0 radical (unpaired) electrons. The van der Waals surface area contributed by atoms with Crippen molar-refractivity contribution in [3.63, 3.8) is 0 Å². The number of ether oxygens (including phenoxy) is 3. The second-order valence-electron chi connectivity index (χ2n) is 5.79. The highest BCUT2D eigenvalue weighted by molar-refractivity contribution is 5.08. The van der Waals surface area contributed by atoms with Gasteiger partial charge in [0.2, 0.25) is 0 Å². The number of aliphatic hydroxyl groups excluding tert-OH is 1. The van der Waals surface area contributed by atoms with Gasteiger partial charge in [0.15, 0.2) is 12.1 Å². The van der Waals surface area contributed by atoms with Crippen LogP contribution in [0.1, 0.15) is 39.5 Å². The van der Waals surface area contributed by atoms with E-state index in [1.54, 1.807) is 13.8 Å². The highest BCUT2D eigenvalue weighted by Gasteiger charge is 2.64. The Bertz CT molecular complexity index is 318. The zero-order valence-corrected chi connectivity index (χ0v) is 10.3. The molecule has 5 nitrogen and oxygen atoms in total. The summed E-state index contributed by atoms with van der Waals surface area (Å²) in [4.78, 5) is 0. The molecule has 3 fully saturated rings. The van der Waals surface area contributed by atoms with Crippen molar-refractivity contribution in [3.8, 4) is 0 Å². The van der Waals surface area contributed by atoms with E-state index >= 15 is 0 Å². The molecule has 2 aliphatic heterocycles.